The van der Waals surface area contributed by atoms with E-state index in [0.717, 1.165) is 0 Å². The van der Waals surface area contributed by atoms with Crippen LogP contribution in [0.5, 0.6) is 11.5 Å². The third-order valence-corrected chi connectivity index (χ3v) is 2.92. The minimum atomic E-state index is -0.529. The number of ether oxygens (including phenoxy) is 2. The Morgan fingerprint density at radius 2 is 1.67 bits per heavy atom. The van der Waals surface area contributed by atoms with Crippen LogP contribution in [0.4, 0.5) is 0 Å². The molecule has 21 heavy (non-hydrogen) atoms. The van der Waals surface area contributed by atoms with Crippen LogP contribution in [0.2, 0.25) is 0 Å². The summed E-state index contributed by atoms with van der Waals surface area (Å²) in [7, 11) is 1.30. The Labute approximate surface area is 121 Å². The van der Waals surface area contributed by atoms with Gasteiger partial charge in [0.25, 0.3) is 0 Å². The van der Waals surface area contributed by atoms with Crippen molar-refractivity contribution in [3.8, 4) is 11.5 Å². The zero-order chi connectivity index (χ0) is 15.4. The van der Waals surface area contributed by atoms with Gasteiger partial charge in [-0.15, -0.1) is 0 Å². The van der Waals surface area contributed by atoms with E-state index in [-0.39, 0.29) is 5.75 Å². The SMILES string of the molecule is COC(=O)c1ccc(OC(=O)c2ccc(O)cc2C)cc1. The van der Waals surface area contributed by atoms with Crippen molar-refractivity contribution in [1.82, 2.24) is 0 Å². The summed E-state index contributed by atoms with van der Waals surface area (Å²) in [5.41, 5.74) is 1.36. The molecule has 0 radical (unpaired) electrons. The molecule has 5 heteroatoms. The summed E-state index contributed by atoms with van der Waals surface area (Å²) in [6.07, 6.45) is 0. The molecule has 0 fully saturated rings. The highest BCUT2D eigenvalue weighted by Gasteiger charge is 2.12. The molecule has 1 N–H and O–H groups in total. The van der Waals surface area contributed by atoms with E-state index in [1.807, 2.05) is 0 Å². The predicted octanol–water partition coefficient (Wildman–Crippen LogP) is 2.71. The number of phenols is 1. The fourth-order valence-electron chi connectivity index (χ4n) is 1.82. The molecule has 0 unspecified atom stereocenters. The van der Waals surface area contributed by atoms with Crippen molar-refractivity contribution in [2.45, 2.75) is 6.92 Å². The highest BCUT2D eigenvalue weighted by molar-refractivity contribution is 5.93. The van der Waals surface area contributed by atoms with E-state index in [9.17, 15) is 14.7 Å². The van der Waals surface area contributed by atoms with Crippen molar-refractivity contribution in [2.24, 2.45) is 0 Å². The van der Waals surface area contributed by atoms with Crippen molar-refractivity contribution in [2.75, 3.05) is 7.11 Å². The van der Waals surface area contributed by atoms with Crippen LogP contribution in [0.25, 0.3) is 0 Å². The molecule has 0 saturated carbocycles. The predicted molar refractivity (Wildman–Crippen MR) is 75.6 cm³/mol. The van der Waals surface area contributed by atoms with Gasteiger partial charge in [0.15, 0.2) is 0 Å². The molecule has 0 heterocycles. The first kappa shape index (κ1) is 14.6. The van der Waals surface area contributed by atoms with E-state index in [2.05, 4.69) is 4.74 Å². The number of rotatable bonds is 3. The molecule has 2 aromatic carbocycles. The van der Waals surface area contributed by atoms with E-state index in [0.29, 0.717) is 22.4 Å². The zero-order valence-corrected chi connectivity index (χ0v) is 11.6. The number of esters is 2. The van der Waals surface area contributed by atoms with Gasteiger partial charge in [0.1, 0.15) is 11.5 Å². The summed E-state index contributed by atoms with van der Waals surface area (Å²) >= 11 is 0. The summed E-state index contributed by atoms with van der Waals surface area (Å²) in [6, 6.07) is 10.5. The largest absolute Gasteiger partial charge is 0.508 e. The Bertz CT molecular complexity index is 674. The van der Waals surface area contributed by atoms with Gasteiger partial charge in [-0.25, -0.2) is 9.59 Å². The molecule has 0 spiro atoms. The van der Waals surface area contributed by atoms with Gasteiger partial charge >= 0.3 is 11.9 Å². The number of aromatic hydroxyl groups is 1. The monoisotopic (exact) mass is 286 g/mol. The Balaban J connectivity index is 2.14. The molecule has 2 aromatic rings. The molecular weight excluding hydrogens is 272 g/mol. The van der Waals surface area contributed by atoms with E-state index < -0.39 is 11.9 Å². The lowest BCUT2D eigenvalue weighted by Gasteiger charge is -2.07. The first-order chi connectivity index (χ1) is 10.0. The normalized spacial score (nSPS) is 10.0. The highest BCUT2D eigenvalue weighted by Crippen LogP contribution is 2.19. The third-order valence-electron chi connectivity index (χ3n) is 2.92. The van der Waals surface area contributed by atoms with Crippen LogP contribution in [0.1, 0.15) is 26.3 Å². The van der Waals surface area contributed by atoms with Crippen molar-refractivity contribution in [1.29, 1.82) is 0 Å². The molecule has 0 aliphatic carbocycles. The van der Waals surface area contributed by atoms with Gasteiger partial charge in [-0.2, -0.15) is 0 Å². The standard InChI is InChI=1S/C16H14O5/c1-10-9-12(17)5-8-14(10)16(19)21-13-6-3-11(4-7-13)15(18)20-2/h3-9,17H,1-2H3. The van der Waals surface area contributed by atoms with E-state index >= 15 is 0 Å². The second-order valence-electron chi connectivity index (χ2n) is 4.40. The Hall–Kier alpha value is -2.82. The molecule has 2 rings (SSSR count). The van der Waals surface area contributed by atoms with Gasteiger partial charge in [-0.05, 0) is 55.0 Å². The lowest BCUT2D eigenvalue weighted by Crippen LogP contribution is -2.10. The maximum atomic E-state index is 12.0. The molecule has 0 amide bonds. The summed E-state index contributed by atoms with van der Waals surface area (Å²) in [5.74, 6) is -0.577. The van der Waals surface area contributed by atoms with Crippen molar-refractivity contribution < 1.29 is 24.2 Å². The third kappa shape index (κ3) is 3.39. The molecule has 0 aliphatic heterocycles. The van der Waals surface area contributed by atoms with Crippen molar-refractivity contribution in [3.63, 3.8) is 0 Å². The number of phenolic OH excluding ortho intramolecular Hbond substituents is 1. The van der Waals surface area contributed by atoms with Gasteiger partial charge in [0.05, 0.1) is 18.2 Å². The minimum absolute atomic E-state index is 0.0893. The fourth-order valence-corrected chi connectivity index (χ4v) is 1.82. The lowest BCUT2D eigenvalue weighted by molar-refractivity contribution is 0.0600. The molecule has 0 bridgehead atoms. The van der Waals surface area contributed by atoms with E-state index in [4.69, 9.17) is 4.74 Å². The Morgan fingerprint density at radius 1 is 1.00 bits per heavy atom. The van der Waals surface area contributed by atoms with Crippen LogP contribution in [-0.4, -0.2) is 24.2 Å². The van der Waals surface area contributed by atoms with Crippen LogP contribution in [-0.2, 0) is 4.74 Å². The van der Waals surface area contributed by atoms with Gasteiger partial charge in [0.2, 0.25) is 0 Å². The first-order valence-corrected chi connectivity index (χ1v) is 6.21. The van der Waals surface area contributed by atoms with Crippen LogP contribution >= 0.6 is 0 Å². The second-order valence-corrected chi connectivity index (χ2v) is 4.40. The number of hydrogen-bond acceptors (Lipinski definition) is 5. The number of methoxy groups -OCH3 is 1. The topological polar surface area (TPSA) is 72.8 Å². The number of carbonyl (C=O) groups excluding carboxylic acids is 2. The average molecular weight is 286 g/mol. The summed E-state index contributed by atoms with van der Waals surface area (Å²) in [5, 5.41) is 9.32. The number of aryl methyl sites for hydroxylation is 1. The maximum absolute atomic E-state index is 12.0. The molecule has 5 nitrogen and oxygen atoms in total. The maximum Gasteiger partial charge on any atom is 0.343 e. The fraction of sp³-hybridized carbons (Fsp3) is 0.125. The number of hydrogen-bond donors (Lipinski definition) is 1. The molecule has 0 aliphatic rings. The van der Waals surface area contributed by atoms with Crippen LogP contribution in [0, 0.1) is 6.92 Å². The Kier molecular flexibility index (Phi) is 4.23. The van der Waals surface area contributed by atoms with Gasteiger partial charge in [-0.3, -0.25) is 0 Å². The van der Waals surface area contributed by atoms with Crippen LogP contribution in [0.3, 0.4) is 0 Å². The molecule has 0 atom stereocenters. The van der Waals surface area contributed by atoms with Crippen LogP contribution < -0.4 is 4.74 Å². The van der Waals surface area contributed by atoms with E-state index in [1.165, 1.54) is 49.6 Å². The second kappa shape index (κ2) is 6.09. The lowest BCUT2D eigenvalue weighted by atomic mass is 10.1. The molecular formula is C16H14O5. The molecule has 0 aromatic heterocycles. The first-order valence-electron chi connectivity index (χ1n) is 6.21. The number of carbonyl (C=O) groups is 2. The van der Waals surface area contributed by atoms with Gasteiger partial charge in [-0.1, -0.05) is 0 Å². The highest BCUT2D eigenvalue weighted by atomic mass is 16.5. The summed E-state index contributed by atoms with van der Waals surface area (Å²) < 4.78 is 9.80. The van der Waals surface area contributed by atoms with Crippen molar-refractivity contribution >= 4 is 11.9 Å². The van der Waals surface area contributed by atoms with Gasteiger partial charge < -0.3 is 14.6 Å². The van der Waals surface area contributed by atoms with Gasteiger partial charge in [0, 0.05) is 0 Å². The summed E-state index contributed by atoms with van der Waals surface area (Å²) in [6.45, 7) is 1.71. The van der Waals surface area contributed by atoms with Crippen molar-refractivity contribution in [3.05, 3.63) is 59.2 Å². The number of benzene rings is 2. The quantitative estimate of drug-likeness (QED) is 0.693. The van der Waals surface area contributed by atoms with Crippen LogP contribution in [0.15, 0.2) is 42.5 Å². The Morgan fingerprint density at radius 3 is 2.24 bits per heavy atom. The molecule has 108 valence electrons. The molecule has 0 saturated heterocycles. The summed E-state index contributed by atoms with van der Waals surface area (Å²) in [4.78, 5) is 23.3. The smallest absolute Gasteiger partial charge is 0.343 e. The minimum Gasteiger partial charge on any atom is -0.508 e. The average Bonchev–Trinajstić information content (AvgIpc) is 2.47. The zero-order valence-electron chi connectivity index (χ0n) is 11.6. The van der Waals surface area contributed by atoms with E-state index in [1.54, 1.807) is 6.92 Å².